The average Bonchev–Trinajstić information content (AvgIpc) is 2.51. The third-order valence-corrected chi connectivity index (χ3v) is 4.10. The van der Waals surface area contributed by atoms with Crippen LogP contribution in [0.25, 0.3) is 32.3 Å². The summed E-state index contributed by atoms with van der Waals surface area (Å²) in [5.74, 6) is 0. The molecule has 0 aliphatic rings. The maximum atomic E-state index is 10.1. The molecule has 0 aromatic heterocycles. The Kier molecular flexibility index (Phi) is 2.32. The molecular formula is C19H14O. The minimum atomic E-state index is -0.625. The first-order chi connectivity index (χ1) is 9.79. The highest BCUT2D eigenvalue weighted by Gasteiger charge is 2.13. The smallest absolute Gasteiger partial charge is 0.0975 e. The van der Waals surface area contributed by atoms with E-state index in [0.717, 1.165) is 10.9 Å². The molecule has 1 atom stereocenters. The van der Waals surface area contributed by atoms with Gasteiger partial charge in [0.25, 0.3) is 0 Å². The maximum absolute atomic E-state index is 10.1. The Labute approximate surface area is 117 Å². The minimum Gasteiger partial charge on any atom is -0.384 e. The molecule has 0 radical (unpaired) electrons. The normalized spacial score (nSPS) is 13.2. The number of benzene rings is 4. The summed E-state index contributed by atoms with van der Waals surface area (Å²) < 4.78 is 0. The highest BCUT2D eigenvalue weighted by atomic mass is 16.3. The van der Waals surface area contributed by atoms with Gasteiger partial charge in [0, 0.05) is 0 Å². The van der Waals surface area contributed by atoms with Crippen molar-refractivity contribution < 1.29 is 5.11 Å². The summed E-state index contributed by atoms with van der Waals surface area (Å²) in [6.45, 7) is 3.70. The fourth-order valence-corrected chi connectivity index (χ4v) is 3.14. The van der Waals surface area contributed by atoms with Crippen LogP contribution in [0.2, 0.25) is 0 Å². The lowest BCUT2D eigenvalue weighted by Crippen LogP contribution is -1.95. The highest BCUT2D eigenvalue weighted by molar-refractivity contribution is 6.23. The molecule has 20 heavy (non-hydrogen) atoms. The predicted octanol–water partition coefficient (Wildman–Crippen LogP) is 4.80. The SMILES string of the molecule is C=CC(O)c1ccc2ccc3cccc4ccc1c2c34. The number of rotatable bonds is 2. The van der Waals surface area contributed by atoms with E-state index in [-0.39, 0.29) is 0 Å². The van der Waals surface area contributed by atoms with Crippen LogP contribution in [0.5, 0.6) is 0 Å². The van der Waals surface area contributed by atoms with Crippen molar-refractivity contribution in [2.45, 2.75) is 6.10 Å². The van der Waals surface area contributed by atoms with Crippen molar-refractivity contribution in [3.8, 4) is 0 Å². The van der Waals surface area contributed by atoms with E-state index in [1.165, 1.54) is 26.9 Å². The molecule has 4 aromatic carbocycles. The number of hydrogen-bond donors (Lipinski definition) is 1. The molecule has 0 saturated heterocycles. The van der Waals surface area contributed by atoms with E-state index in [2.05, 4.69) is 55.1 Å². The summed E-state index contributed by atoms with van der Waals surface area (Å²) in [6, 6.07) is 19.0. The average molecular weight is 258 g/mol. The Balaban J connectivity index is 2.29. The predicted molar refractivity (Wildman–Crippen MR) is 85.3 cm³/mol. The van der Waals surface area contributed by atoms with Crippen LogP contribution < -0.4 is 0 Å². The van der Waals surface area contributed by atoms with Crippen LogP contribution in [-0.4, -0.2) is 5.11 Å². The molecule has 0 bridgehead atoms. The third-order valence-electron chi connectivity index (χ3n) is 4.10. The zero-order valence-electron chi connectivity index (χ0n) is 11.0. The Morgan fingerprint density at radius 1 is 0.800 bits per heavy atom. The number of hydrogen-bond acceptors (Lipinski definition) is 1. The second-order valence-corrected chi connectivity index (χ2v) is 5.19. The van der Waals surface area contributed by atoms with E-state index < -0.39 is 6.10 Å². The molecule has 0 saturated carbocycles. The second kappa shape index (κ2) is 4.06. The molecule has 0 aliphatic heterocycles. The van der Waals surface area contributed by atoms with Crippen LogP contribution in [-0.2, 0) is 0 Å². The van der Waals surface area contributed by atoms with Crippen LogP contribution in [0.4, 0.5) is 0 Å². The van der Waals surface area contributed by atoms with Crippen LogP contribution in [0.3, 0.4) is 0 Å². The maximum Gasteiger partial charge on any atom is 0.0975 e. The Morgan fingerprint density at radius 2 is 1.40 bits per heavy atom. The lowest BCUT2D eigenvalue weighted by molar-refractivity contribution is 0.230. The fraction of sp³-hybridized carbons (Fsp3) is 0.0526. The van der Waals surface area contributed by atoms with Gasteiger partial charge in [0.2, 0.25) is 0 Å². The van der Waals surface area contributed by atoms with Crippen molar-refractivity contribution in [2.75, 3.05) is 0 Å². The van der Waals surface area contributed by atoms with Crippen molar-refractivity contribution in [3.63, 3.8) is 0 Å². The van der Waals surface area contributed by atoms with Gasteiger partial charge in [-0.2, -0.15) is 0 Å². The molecule has 0 aliphatic carbocycles. The Hall–Kier alpha value is -2.38. The van der Waals surface area contributed by atoms with Crippen molar-refractivity contribution >= 4 is 32.3 Å². The van der Waals surface area contributed by atoms with Crippen molar-refractivity contribution in [3.05, 3.63) is 72.8 Å². The zero-order chi connectivity index (χ0) is 13.7. The molecule has 0 fully saturated rings. The first-order valence-corrected chi connectivity index (χ1v) is 6.76. The van der Waals surface area contributed by atoms with Crippen molar-refractivity contribution in [1.29, 1.82) is 0 Å². The Morgan fingerprint density at radius 3 is 2.10 bits per heavy atom. The monoisotopic (exact) mass is 258 g/mol. The first kappa shape index (κ1) is 11.4. The lowest BCUT2D eigenvalue weighted by atomic mass is 9.90. The topological polar surface area (TPSA) is 20.2 Å². The largest absolute Gasteiger partial charge is 0.384 e. The van der Waals surface area contributed by atoms with Crippen molar-refractivity contribution in [2.24, 2.45) is 0 Å². The summed E-state index contributed by atoms with van der Waals surface area (Å²) in [6.07, 6.45) is 0.950. The molecule has 4 rings (SSSR count). The summed E-state index contributed by atoms with van der Waals surface area (Å²) >= 11 is 0. The van der Waals surface area contributed by atoms with Gasteiger partial charge in [-0.1, -0.05) is 60.7 Å². The molecule has 0 heterocycles. The van der Waals surface area contributed by atoms with Gasteiger partial charge in [-0.3, -0.25) is 0 Å². The molecule has 1 unspecified atom stereocenters. The van der Waals surface area contributed by atoms with Gasteiger partial charge in [-0.05, 0) is 37.9 Å². The third kappa shape index (κ3) is 1.41. The van der Waals surface area contributed by atoms with E-state index in [9.17, 15) is 5.11 Å². The molecule has 0 amide bonds. The number of aliphatic hydroxyl groups is 1. The van der Waals surface area contributed by atoms with E-state index in [0.29, 0.717) is 0 Å². The standard InChI is InChI=1S/C19H14O/c1-2-17(20)15-10-8-14-7-6-12-4-3-5-13-9-11-16(15)19(14)18(12)13/h2-11,17,20H,1H2. The molecule has 96 valence electrons. The van der Waals surface area contributed by atoms with Crippen LogP contribution in [0.15, 0.2) is 67.3 Å². The van der Waals surface area contributed by atoms with Crippen molar-refractivity contribution in [1.82, 2.24) is 0 Å². The fourth-order valence-electron chi connectivity index (χ4n) is 3.14. The summed E-state index contributed by atoms with van der Waals surface area (Å²) in [7, 11) is 0. The van der Waals surface area contributed by atoms with Gasteiger partial charge in [0.1, 0.15) is 0 Å². The molecule has 0 spiro atoms. The summed E-state index contributed by atoms with van der Waals surface area (Å²) in [5.41, 5.74) is 0.922. The molecule has 1 nitrogen and oxygen atoms in total. The number of aliphatic hydroxyl groups excluding tert-OH is 1. The molecule has 1 N–H and O–H groups in total. The quantitative estimate of drug-likeness (QED) is 0.404. The van der Waals surface area contributed by atoms with E-state index in [1.807, 2.05) is 6.07 Å². The van der Waals surface area contributed by atoms with E-state index in [1.54, 1.807) is 6.08 Å². The van der Waals surface area contributed by atoms with Gasteiger partial charge < -0.3 is 5.11 Å². The van der Waals surface area contributed by atoms with E-state index in [4.69, 9.17) is 0 Å². The summed E-state index contributed by atoms with van der Waals surface area (Å²) in [5, 5.41) is 17.5. The van der Waals surface area contributed by atoms with Crippen LogP contribution >= 0.6 is 0 Å². The minimum absolute atomic E-state index is 0.625. The highest BCUT2D eigenvalue weighted by Crippen LogP contribution is 2.37. The molecule has 4 aromatic rings. The van der Waals surface area contributed by atoms with Gasteiger partial charge in [0.15, 0.2) is 0 Å². The van der Waals surface area contributed by atoms with Gasteiger partial charge in [-0.25, -0.2) is 0 Å². The van der Waals surface area contributed by atoms with Gasteiger partial charge in [-0.15, -0.1) is 6.58 Å². The van der Waals surface area contributed by atoms with Gasteiger partial charge >= 0.3 is 0 Å². The summed E-state index contributed by atoms with van der Waals surface area (Å²) in [4.78, 5) is 0. The first-order valence-electron chi connectivity index (χ1n) is 6.76. The van der Waals surface area contributed by atoms with Crippen LogP contribution in [0.1, 0.15) is 11.7 Å². The molecule has 1 heteroatoms. The molecular weight excluding hydrogens is 244 g/mol. The van der Waals surface area contributed by atoms with Gasteiger partial charge in [0.05, 0.1) is 6.10 Å². The zero-order valence-corrected chi connectivity index (χ0v) is 11.0. The Bertz CT molecular complexity index is 921. The second-order valence-electron chi connectivity index (χ2n) is 5.19. The van der Waals surface area contributed by atoms with E-state index >= 15 is 0 Å². The van der Waals surface area contributed by atoms with Crippen LogP contribution in [0, 0.1) is 0 Å². The lowest BCUT2D eigenvalue weighted by Gasteiger charge is -2.15.